The Balaban J connectivity index is 1.91. The van der Waals surface area contributed by atoms with E-state index in [1.54, 1.807) is 4.90 Å². The summed E-state index contributed by atoms with van der Waals surface area (Å²) in [5.41, 5.74) is 8.36. The highest BCUT2D eigenvalue weighted by molar-refractivity contribution is 5.72. The van der Waals surface area contributed by atoms with Gasteiger partial charge in [-0.25, -0.2) is 4.79 Å². The molecule has 1 aromatic carbocycles. The Labute approximate surface area is 127 Å². The predicted molar refractivity (Wildman–Crippen MR) is 86.4 cm³/mol. The number of nitrogens with zero attached hydrogens (tertiary/aromatic N) is 2. The van der Waals surface area contributed by atoms with Crippen molar-refractivity contribution in [2.45, 2.75) is 32.6 Å². The molecule has 1 aliphatic rings. The van der Waals surface area contributed by atoms with E-state index in [0.29, 0.717) is 0 Å². The molecule has 0 bridgehead atoms. The van der Waals surface area contributed by atoms with Gasteiger partial charge in [0.25, 0.3) is 0 Å². The third-order valence-electron chi connectivity index (χ3n) is 4.21. The predicted octanol–water partition coefficient (Wildman–Crippen LogP) is 2.22. The summed E-state index contributed by atoms with van der Waals surface area (Å²) in [6.07, 6.45) is 1.06. The Hall–Kier alpha value is -1.55. The largest absolute Gasteiger partial charge is 0.351 e. The summed E-state index contributed by atoms with van der Waals surface area (Å²) in [6.45, 7) is 11.2. The minimum atomic E-state index is -0.298. The number of nitrogens with two attached hydrogens (primary N) is 1. The number of rotatable bonds is 3. The number of primary amides is 1. The monoisotopic (exact) mass is 289 g/mol. The van der Waals surface area contributed by atoms with Gasteiger partial charge in [0.2, 0.25) is 0 Å². The van der Waals surface area contributed by atoms with Crippen LogP contribution in [0.5, 0.6) is 0 Å². The van der Waals surface area contributed by atoms with Crippen LogP contribution in [0.25, 0.3) is 0 Å². The van der Waals surface area contributed by atoms with Gasteiger partial charge < -0.3 is 10.6 Å². The van der Waals surface area contributed by atoms with Gasteiger partial charge >= 0.3 is 6.03 Å². The van der Waals surface area contributed by atoms with E-state index < -0.39 is 0 Å². The molecule has 1 aromatic rings. The topological polar surface area (TPSA) is 49.6 Å². The standard InChI is InChI=1S/C17H27N3O/c1-17(2,3)15-7-5-4-6-14(15)8-9-19-10-12-20(13-11-19)16(18)21/h4-7H,8-13H2,1-3H3,(H2,18,21). The van der Waals surface area contributed by atoms with Crippen molar-refractivity contribution < 1.29 is 4.79 Å². The van der Waals surface area contributed by atoms with Crippen LogP contribution in [0.4, 0.5) is 4.79 Å². The Morgan fingerprint density at radius 3 is 2.33 bits per heavy atom. The summed E-state index contributed by atoms with van der Waals surface area (Å²) in [6, 6.07) is 8.42. The number of carbonyl (C=O) groups is 1. The molecule has 1 aliphatic heterocycles. The van der Waals surface area contributed by atoms with Crippen LogP contribution in [-0.4, -0.2) is 48.6 Å². The van der Waals surface area contributed by atoms with Gasteiger partial charge in [-0.15, -0.1) is 0 Å². The maximum atomic E-state index is 11.1. The quantitative estimate of drug-likeness (QED) is 0.927. The lowest BCUT2D eigenvalue weighted by atomic mass is 9.83. The van der Waals surface area contributed by atoms with E-state index in [9.17, 15) is 4.79 Å². The second-order valence-corrected chi connectivity index (χ2v) is 6.82. The van der Waals surface area contributed by atoms with Gasteiger partial charge in [0, 0.05) is 32.7 Å². The maximum absolute atomic E-state index is 11.1. The minimum Gasteiger partial charge on any atom is -0.351 e. The summed E-state index contributed by atoms with van der Waals surface area (Å²) in [5, 5.41) is 0. The SMILES string of the molecule is CC(C)(C)c1ccccc1CCN1CCN(C(N)=O)CC1. The van der Waals surface area contributed by atoms with Crippen molar-refractivity contribution in [3.05, 3.63) is 35.4 Å². The first-order valence-corrected chi connectivity index (χ1v) is 7.73. The van der Waals surface area contributed by atoms with Crippen LogP contribution in [0.1, 0.15) is 31.9 Å². The lowest BCUT2D eigenvalue weighted by molar-refractivity contribution is 0.145. The van der Waals surface area contributed by atoms with Gasteiger partial charge in [0.15, 0.2) is 0 Å². The molecule has 4 nitrogen and oxygen atoms in total. The van der Waals surface area contributed by atoms with Crippen molar-refractivity contribution in [3.63, 3.8) is 0 Å². The molecule has 2 rings (SSSR count). The minimum absolute atomic E-state index is 0.182. The van der Waals surface area contributed by atoms with Gasteiger partial charge in [-0.05, 0) is 23.0 Å². The lowest BCUT2D eigenvalue weighted by Crippen LogP contribution is -2.50. The third-order valence-corrected chi connectivity index (χ3v) is 4.21. The first kappa shape index (κ1) is 15.8. The molecule has 0 saturated carbocycles. The first-order valence-electron chi connectivity index (χ1n) is 7.73. The lowest BCUT2D eigenvalue weighted by Gasteiger charge is -2.34. The van der Waals surface area contributed by atoms with Crippen molar-refractivity contribution >= 4 is 6.03 Å². The van der Waals surface area contributed by atoms with E-state index in [1.165, 1.54) is 11.1 Å². The highest BCUT2D eigenvalue weighted by Crippen LogP contribution is 2.26. The zero-order valence-corrected chi connectivity index (χ0v) is 13.4. The average Bonchev–Trinajstić information content (AvgIpc) is 2.45. The van der Waals surface area contributed by atoms with Crippen molar-refractivity contribution in [3.8, 4) is 0 Å². The van der Waals surface area contributed by atoms with Crippen LogP contribution < -0.4 is 5.73 Å². The molecule has 2 amide bonds. The molecular formula is C17H27N3O. The molecule has 0 radical (unpaired) electrons. The molecule has 1 fully saturated rings. The number of hydrogen-bond donors (Lipinski definition) is 1. The zero-order valence-electron chi connectivity index (χ0n) is 13.4. The van der Waals surface area contributed by atoms with Crippen molar-refractivity contribution in [1.29, 1.82) is 0 Å². The molecule has 0 aromatic heterocycles. The smallest absolute Gasteiger partial charge is 0.314 e. The summed E-state index contributed by atoms with van der Waals surface area (Å²) in [5.74, 6) is 0. The molecule has 0 unspecified atom stereocenters. The Morgan fingerprint density at radius 2 is 1.76 bits per heavy atom. The average molecular weight is 289 g/mol. The summed E-state index contributed by atoms with van der Waals surface area (Å²) in [4.78, 5) is 15.3. The maximum Gasteiger partial charge on any atom is 0.314 e. The summed E-state index contributed by atoms with van der Waals surface area (Å²) in [7, 11) is 0. The van der Waals surface area contributed by atoms with Crippen LogP contribution in [0, 0.1) is 0 Å². The van der Waals surface area contributed by atoms with Crippen LogP contribution in [0.2, 0.25) is 0 Å². The van der Waals surface area contributed by atoms with E-state index in [1.807, 2.05) is 0 Å². The van der Waals surface area contributed by atoms with Crippen LogP contribution in [-0.2, 0) is 11.8 Å². The van der Waals surface area contributed by atoms with Gasteiger partial charge in [0.05, 0.1) is 0 Å². The molecule has 0 spiro atoms. The molecule has 1 saturated heterocycles. The van der Waals surface area contributed by atoms with Crippen LogP contribution in [0.15, 0.2) is 24.3 Å². The van der Waals surface area contributed by atoms with E-state index in [4.69, 9.17) is 5.73 Å². The van der Waals surface area contributed by atoms with E-state index >= 15 is 0 Å². The number of benzene rings is 1. The molecule has 0 atom stereocenters. The number of piperazine rings is 1. The van der Waals surface area contributed by atoms with Crippen molar-refractivity contribution in [2.24, 2.45) is 5.73 Å². The second kappa shape index (κ2) is 6.48. The summed E-state index contributed by atoms with van der Waals surface area (Å²) < 4.78 is 0. The zero-order chi connectivity index (χ0) is 15.5. The fourth-order valence-corrected chi connectivity index (χ4v) is 2.94. The Kier molecular flexibility index (Phi) is 4.88. The second-order valence-electron chi connectivity index (χ2n) is 6.82. The molecule has 21 heavy (non-hydrogen) atoms. The third kappa shape index (κ3) is 4.21. The molecule has 0 aliphatic carbocycles. The Morgan fingerprint density at radius 1 is 1.14 bits per heavy atom. The molecule has 2 N–H and O–H groups in total. The highest BCUT2D eigenvalue weighted by atomic mass is 16.2. The van der Waals surface area contributed by atoms with Gasteiger partial charge in [-0.2, -0.15) is 0 Å². The number of urea groups is 1. The van der Waals surface area contributed by atoms with E-state index in [-0.39, 0.29) is 11.4 Å². The van der Waals surface area contributed by atoms with Crippen molar-refractivity contribution in [2.75, 3.05) is 32.7 Å². The van der Waals surface area contributed by atoms with E-state index in [0.717, 1.165) is 39.1 Å². The molecule has 116 valence electrons. The highest BCUT2D eigenvalue weighted by Gasteiger charge is 2.20. The summed E-state index contributed by atoms with van der Waals surface area (Å²) >= 11 is 0. The number of hydrogen-bond acceptors (Lipinski definition) is 2. The normalized spacial score (nSPS) is 17.0. The number of carbonyl (C=O) groups excluding carboxylic acids is 1. The number of amides is 2. The Bertz CT molecular complexity index is 485. The van der Waals surface area contributed by atoms with Gasteiger partial charge in [-0.3, -0.25) is 4.90 Å². The van der Waals surface area contributed by atoms with Gasteiger partial charge in [0.1, 0.15) is 0 Å². The first-order chi connectivity index (χ1) is 9.88. The fraction of sp³-hybridized carbons (Fsp3) is 0.588. The van der Waals surface area contributed by atoms with E-state index in [2.05, 4.69) is 49.9 Å². The van der Waals surface area contributed by atoms with Crippen LogP contribution >= 0.6 is 0 Å². The molecular weight excluding hydrogens is 262 g/mol. The molecule has 1 heterocycles. The van der Waals surface area contributed by atoms with Crippen molar-refractivity contribution in [1.82, 2.24) is 9.80 Å². The van der Waals surface area contributed by atoms with Gasteiger partial charge in [-0.1, -0.05) is 45.0 Å². The fourth-order valence-electron chi connectivity index (χ4n) is 2.94. The van der Waals surface area contributed by atoms with Crippen LogP contribution in [0.3, 0.4) is 0 Å². The molecule has 4 heteroatoms.